The van der Waals surface area contributed by atoms with Crippen LogP contribution in [0.1, 0.15) is 116 Å². The van der Waals surface area contributed by atoms with E-state index in [0.29, 0.717) is 24.0 Å². The van der Waals surface area contributed by atoms with E-state index in [0.717, 1.165) is 47.9 Å². The van der Waals surface area contributed by atoms with Gasteiger partial charge in [0.2, 0.25) is 0 Å². The summed E-state index contributed by atoms with van der Waals surface area (Å²) >= 11 is 0. The Morgan fingerprint density at radius 2 is 1.41 bits per heavy atom. The molecule has 0 bridgehead atoms. The normalized spacial score (nSPS) is 15.2. The Morgan fingerprint density at radius 3 is 1.82 bits per heavy atom. The molecular weight excluding hydrogens is 492 g/mol. The average molecular weight is 535 g/mol. The van der Waals surface area contributed by atoms with Gasteiger partial charge in [0.05, 0.1) is 0 Å². The van der Waals surface area contributed by atoms with Crippen LogP contribution in [0, 0.1) is 18.8 Å². The van der Waals surface area contributed by atoms with Gasteiger partial charge in [-0.2, -0.15) is 4.91 Å². The summed E-state index contributed by atoms with van der Waals surface area (Å²) < 4.78 is 0. The molecule has 0 heterocycles. The Balaban J connectivity index is 1.96. The molecule has 1 N–H and O–H groups in total. The molecule has 7 heteroatoms. The maximum absolute atomic E-state index is 13.2. The first-order valence-electron chi connectivity index (χ1n) is 13.9. The van der Waals surface area contributed by atoms with Crippen molar-refractivity contribution in [2.24, 2.45) is 5.18 Å². The fourth-order valence-corrected chi connectivity index (χ4v) is 6.01. The Hall–Kier alpha value is -3.35. The lowest BCUT2D eigenvalue weighted by molar-refractivity contribution is -0.147. The Bertz CT molecular complexity index is 1270. The van der Waals surface area contributed by atoms with Crippen molar-refractivity contribution < 1.29 is 19.5 Å². The van der Waals surface area contributed by atoms with Crippen LogP contribution in [-0.2, 0) is 10.2 Å². The molecule has 0 radical (unpaired) electrons. The van der Waals surface area contributed by atoms with Crippen LogP contribution in [0.3, 0.4) is 0 Å². The standard InChI is InChI=1S/C32H42N2O5/c1-8-32(9-2,24-13-15-26(22(4)19-24)28(36)34(7)30(5,6)29(37)38)23-12-14-25(21(3)18-23)27(35)20-31(33-39)16-10-11-17-31/h12-15,18-19H,8-11,16-17,20H2,1-7H3,(H,37,38). The number of carboxylic acid groups (broad SMARTS) is 1. The highest BCUT2D eigenvalue weighted by Gasteiger charge is 2.39. The number of nitroso groups, excluding NO2 is 1. The van der Waals surface area contributed by atoms with E-state index in [1.54, 1.807) is 6.07 Å². The fraction of sp³-hybridized carbons (Fsp3) is 0.531. The van der Waals surface area contributed by atoms with Gasteiger partial charge >= 0.3 is 5.97 Å². The highest BCUT2D eigenvalue weighted by atomic mass is 16.4. The summed E-state index contributed by atoms with van der Waals surface area (Å²) in [5.74, 6) is -1.44. The second kappa shape index (κ2) is 11.4. The van der Waals surface area contributed by atoms with E-state index >= 15 is 0 Å². The third kappa shape index (κ3) is 5.54. The number of aryl methyl sites for hydroxylation is 2. The van der Waals surface area contributed by atoms with Crippen molar-refractivity contribution in [1.82, 2.24) is 4.90 Å². The molecule has 0 aromatic heterocycles. The van der Waals surface area contributed by atoms with Gasteiger partial charge < -0.3 is 10.0 Å². The SMILES string of the molecule is CCC(CC)(c1ccc(C(=O)CC2(N=O)CCCC2)c(C)c1)c1ccc(C(=O)N(C)C(C)(C)C(=O)O)c(C)c1. The number of carboxylic acids is 1. The molecule has 39 heavy (non-hydrogen) atoms. The minimum atomic E-state index is -1.34. The highest BCUT2D eigenvalue weighted by molar-refractivity contribution is 5.99. The molecule has 0 saturated heterocycles. The van der Waals surface area contributed by atoms with Crippen molar-refractivity contribution in [3.63, 3.8) is 0 Å². The molecule has 3 rings (SSSR count). The van der Waals surface area contributed by atoms with Crippen LogP contribution in [0.2, 0.25) is 0 Å². The first-order valence-corrected chi connectivity index (χ1v) is 13.9. The van der Waals surface area contributed by atoms with Gasteiger partial charge in [-0.1, -0.05) is 62.2 Å². The van der Waals surface area contributed by atoms with E-state index < -0.39 is 17.0 Å². The van der Waals surface area contributed by atoms with Gasteiger partial charge in [0, 0.05) is 30.0 Å². The number of aliphatic carboxylic acids is 1. The number of benzene rings is 2. The number of amides is 1. The zero-order valence-corrected chi connectivity index (χ0v) is 24.4. The molecule has 1 amide bonds. The summed E-state index contributed by atoms with van der Waals surface area (Å²) in [7, 11) is 1.51. The summed E-state index contributed by atoms with van der Waals surface area (Å²) in [5, 5.41) is 12.9. The number of carbonyl (C=O) groups is 3. The molecule has 1 saturated carbocycles. The molecule has 1 aliphatic rings. The number of Topliss-reactive ketones (excluding diaryl/α,β-unsaturated/α-hetero) is 1. The molecule has 2 aromatic carbocycles. The Labute approximate surface area is 232 Å². The van der Waals surface area contributed by atoms with Crippen LogP contribution in [-0.4, -0.2) is 45.8 Å². The van der Waals surface area contributed by atoms with Gasteiger partial charge in [0.15, 0.2) is 5.78 Å². The number of carbonyl (C=O) groups excluding carboxylic acids is 2. The molecule has 0 unspecified atom stereocenters. The highest BCUT2D eigenvalue weighted by Crippen LogP contribution is 2.41. The predicted octanol–water partition coefficient (Wildman–Crippen LogP) is 7.00. The molecule has 0 atom stereocenters. The second-order valence-electron chi connectivity index (χ2n) is 11.7. The number of nitrogens with zero attached hydrogens (tertiary/aromatic N) is 2. The van der Waals surface area contributed by atoms with Crippen molar-refractivity contribution in [2.75, 3.05) is 7.05 Å². The number of ketones is 1. The summed E-state index contributed by atoms with van der Waals surface area (Å²) in [6.07, 6.45) is 5.00. The molecule has 210 valence electrons. The lowest BCUT2D eigenvalue weighted by atomic mass is 9.69. The number of rotatable bonds is 11. The Kier molecular flexibility index (Phi) is 8.83. The van der Waals surface area contributed by atoms with Crippen molar-refractivity contribution in [3.05, 3.63) is 74.7 Å². The van der Waals surface area contributed by atoms with Gasteiger partial charge in [-0.25, -0.2) is 4.79 Å². The summed E-state index contributed by atoms with van der Waals surface area (Å²) in [4.78, 5) is 50.9. The van der Waals surface area contributed by atoms with Gasteiger partial charge in [0.25, 0.3) is 5.91 Å². The van der Waals surface area contributed by atoms with Crippen molar-refractivity contribution in [1.29, 1.82) is 0 Å². The lowest BCUT2D eigenvalue weighted by Crippen LogP contribution is -2.50. The predicted molar refractivity (Wildman–Crippen MR) is 153 cm³/mol. The van der Waals surface area contributed by atoms with Gasteiger partial charge in [0.1, 0.15) is 11.1 Å². The zero-order valence-electron chi connectivity index (χ0n) is 24.4. The smallest absolute Gasteiger partial charge is 0.329 e. The van der Waals surface area contributed by atoms with Gasteiger partial charge in [-0.3, -0.25) is 9.59 Å². The van der Waals surface area contributed by atoms with Crippen LogP contribution in [0.5, 0.6) is 0 Å². The largest absolute Gasteiger partial charge is 0.480 e. The molecule has 1 aliphatic carbocycles. The van der Waals surface area contributed by atoms with Crippen LogP contribution in [0.15, 0.2) is 41.6 Å². The Morgan fingerprint density at radius 1 is 0.923 bits per heavy atom. The first kappa shape index (κ1) is 30.2. The molecular formula is C32H42N2O5. The lowest BCUT2D eigenvalue weighted by Gasteiger charge is -2.35. The van der Waals surface area contributed by atoms with E-state index in [1.165, 1.54) is 25.8 Å². The minimum Gasteiger partial charge on any atom is -0.480 e. The molecule has 0 aliphatic heterocycles. The maximum Gasteiger partial charge on any atom is 0.329 e. The van der Waals surface area contributed by atoms with E-state index in [9.17, 15) is 24.4 Å². The summed E-state index contributed by atoms with van der Waals surface area (Å²) in [6.45, 7) is 11.1. The number of hydrogen-bond acceptors (Lipinski definition) is 5. The van der Waals surface area contributed by atoms with E-state index in [2.05, 4.69) is 25.1 Å². The minimum absolute atomic E-state index is 0.0359. The maximum atomic E-state index is 13.2. The number of likely N-dealkylation sites (N-methyl/N-ethyl adjacent to an activating group) is 1. The van der Waals surface area contributed by atoms with Crippen molar-refractivity contribution in [2.45, 2.75) is 103 Å². The third-order valence-corrected chi connectivity index (χ3v) is 9.18. The molecule has 1 fully saturated rings. The fourth-order valence-electron chi connectivity index (χ4n) is 6.01. The number of hydrogen-bond donors (Lipinski definition) is 1. The van der Waals surface area contributed by atoms with Gasteiger partial charge in [-0.15, -0.1) is 0 Å². The molecule has 0 spiro atoms. The zero-order chi connectivity index (χ0) is 29.2. The monoisotopic (exact) mass is 534 g/mol. The van der Waals surface area contributed by atoms with Crippen molar-refractivity contribution in [3.8, 4) is 0 Å². The van der Waals surface area contributed by atoms with E-state index in [4.69, 9.17) is 0 Å². The van der Waals surface area contributed by atoms with Crippen LogP contribution in [0.4, 0.5) is 0 Å². The second-order valence-corrected chi connectivity index (χ2v) is 11.7. The molecule has 7 nitrogen and oxygen atoms in total. The summed E-state index contributed by atoms with van der Waals surface area (Å²) in [5.41, 5.74) is 2.49. The summed E-state index contributed by atoms with van der Waals surface area (Å²) in [6, 6.07) is 11.8. The van der Waals surface area contributed by atoms with Crippen molar-refractivity contribution >= 4 is 17.7 Å². The first-order chi connectivity index (χ1) is 18.3. The van der Waals surface area contributed by atoms with E-state index in [-0.39, 0.29) is 23.5 Å². The average Bonchev–Trinajstić information content (AvgIpc) is 3.37. The quantitative estimate of drug-likeness (QED) is 0.247. The van der Waals surface area contributed by atoms with Crippen LogP contribution in [0.25, 0.3) is 0 Å². The third-order valence-electron chi connectivity index (χ3n) is 9.18. The molecule has 2 aromatic rings. The topological polar surface area (TPSA) is 104 Å². The van der Waals surface area contributed by atoms with Crippen LogP contribution >= 0.6 is 0 Å². The van der Waals surface area contributed by atoms with Gasteiger partial charge in [-0.05, 0) is 81.7 Å². The van der Waals surface area contributed by atoms with Crippen LogP contribution < -0.4 is 0 Å². The van der Waals surface area contributed by atoms with E-state index in [1.807, 2.05) is 38.1 Å².